The van der Waals surface area contributed by atoms with Crippen LogP contribution in [0.1, 0.15) is 5.56 Å². The number of imidazole rings is 1. The van der Waals surface area contributed by atoms with E-state index < -0.39 is 11.6 Å². The zero-order chi connectivity index (χ0) is 14.3. The van der Waals surface area contributed by atoms with E-state index in [2.05, 4.69) is 4.98 Å². The minimum absolute atomic E-state index is 0.00722. The van der Waals surface area contributed by atoms with Crippen molar-refractivity contribution in [3.05, 3.63) is 53.6 Å². The third kappa shape index (κ3) is 1.68. The predicted octanol–water partition coefficient (Wildman–Crippen LogP) is 2.76. The van der Waals surface area contributed by atoms with E-state index in [1.54, 1.807) is 18.2 Å². The molecule has 3 rings (SSSR count). The summed E-state index contributed by atoms with van der Waals surface area (Å²) in [5.74, 6) is -1.22. The number of nitriles is 1. The van der Waals surface area contributed by atoms with Gasteiger partial charge in [-0.3, -0.25) is 4.57 Å². The highest BCUT2D eigenvalue weighted by molar-refractivity contribution is 5.85. The highest BCUT2D eigenvalue weighted by atomic mass is 19.1. The Kier molecular flexibility index (Phi) is 2.61. The molecule has 0 saturated heterocycles. The van der Waals surface area contributed by atoms with Crippen LogP contribution in [0.2, 0.25) is 0 Å². The molecule has 3 aromatic rings. The predicted molar refractivity (Wildman–Crippen MR) is 70.1 cm³/mol. The first kappa shape index (κ1) is 12.1. The zero-order valence-corrected chi connectivity index (χ0v) is 10.1. The van der Waals surface area contributed by atoms with Gasteiger partial charge in [0, 0.05) is 6.07 Å². The van der Waals surface area contributed by atoms with E-state index in [-0.39, 0.29) is 11.6 Å². The van der Waals surface area contributed by atoms with E-state index in [0.29, 0.717) is 16.6 Å². The van der Waals surface area contributed by atoms with Crippen LogP contribution in [0.4, 0.5) is 14.7 Å². The van der Waals surface area contributed by atoms with Crippen LogP contribution in [0.5, 0.6) is 0 Å². The van der Waals surface area contributed by atoms with E-state index in [0.717, 1.165) is 18.2 Å². The number of nitrogen functional groups attached to an aromatic ring is 1. The molecule has 98 valence electrons. The summed E-state index contributed by atoms with van der Waals surface area (Å²) in [5.41, 5.74) is 6.87. The summed E-state index contributed by atoms with van der Waals surface area (Å²) < 4.78 is 28.5. The quantitative estimate of drug-likeness (QED) is 0.739. The van der Waals surface area contributed by atoms with Gasteiger partial charge in [0.1, 0.15) is 23.2 Å². The fourth-order valence-electron chi connectivity index (χ4n) is 2.12. The number of hydrogen-bond donors (Lipinski definition) is 1. The van der Waals surface area contributed by atoms with Gasteiger partial charge in [0.15, 0.2) is 0 Å². The smallest absolute Gasteiger partial charge is 0.206 e. The molecule has 2 N–H and O–H groups in total. The second-order valence-corrected chi connectivity index (χ2v) is 4.19. The Morgan fingerprint density at radius 2 is 2.00 bits per heavy atom. The molecule has 1 heterocycles. The topological polar surface area (TPSA) is 67.6 Å². The molecule has 0 amide bonds. The lowest BCUT2D eigenvalue weighted by Gasteiger charge is -2.07. The van der Waals surface area contributed by atoms with Crippen LogP contribution < -0.4 is 5.73 Å². The molecule has 0 atom stereocenters. The molecule has 6 heteroatoms. The number of hydrogen-bond acceptors (Lipinski definition) is 3. The van der Waals surface area contributed by atoms with Gasteiger partial charge in [-0.25, -0.2) is 13.8 Å². The zero-order valence-electron chi connectivity index (χ0n) is 10.1. The van der Waals surface area contributed by atoms with Gasteiger partial charge in [-0.15, -0.1) is 0 Å². The highest BCUT2D eigenvalue weighted by Crippen LogP contribution is 2.27. The Bertz CT molecular complexity index is 861. The normalized spacial score (nSPS) is 10.7. The van der Waals surface area contributed by atoms with Gasteiger partial charge >= 0.3 is 0 Å². The number of benzene rings is 2. The summed E-state index contributed by atoms with van der Waals surface area (Å²) in [4.78, 5) is 4.06. The second-order valence-electron chi connectivity index (χ2n) is 4.19. The number of para-hydroxylation sites is 1. The standard InChI is InChI=1S/C14H8F2N4/c15-9-4-5-10(16)12(6-9)20-11-3-1-2-8(7-17)13(11)19-14(20)18/h1-6H,(H2,18,19). The number of anilines is 1. The fraction of sp³-hybridized carbons (Fsp3) is 0. The van der Waals surface area contributed by atoms with Gasteiger partial charge in [0.05, 0.1) is 16.8 Å². The van der Waals surface area contributed by atoms with Crippen molar-refractivity contribution in [1.82, 2.24) is 9.55 Å². The number of halogens is 2. The van der Waals surface area contributed by atoms with E-state index >= 15 is 0 Å². The number of rotatable bonds is 1. The van der Waals surface area contributed by atoms with E-state index in [1.807, 2.05) is 6.07 Å². The first-order valence-corrected chi connectivity index (χ1v) is 5.74. The minimum atomic E-state index is -0.625. The maximum Gasteiger partial charge on any atom is 0.206 e. The van der Waals surface area contributed by atoms with Gasteiger partial charge in [-0.05, 0) is 24.3 Å². The molecule has 0 fully saturated rings. The van der Waals surface area contributed by atoms with Gasteiger partial charge in [0.25, 0.3) is 0 Å². The monoisotopic (exact) mass is 270 g/mol. The van der Waals surface area contributed by atoms with Gasteiger partial charge in [-0.2, -0.15) is 5.26 Å². The lowest BCUT2D eigenvalue weighted by molar-refractivity contribution is 0.594. The van der Waals surface area contributed by atoms with Crippen LogP contribution in [0.15, 0.2) is 36.4 Å². The third-order valence-corrected chi connectivity index (χ3v) is 2.98. The van der Waals surface area contributed by atoms with Crippen molar-refractivity contribution in [2.24, 2.45) is 0 Å². The van der Waals surface area contributed by atoms with Crippen LogP contribution in [-0.2, 0) is 0 Å². The second kappa shape index (κ2) is 4.31. The minimum Gasteiger partial charge on any atom is -0.369 e. The molecule has 0 unspecified atom stereocenters. The van der Waals surface area contributed by atoms with Crippen LogP contribution in [0, 0.1) is 23.0 Å². The van der Waals surface area contributed by atoms with Gasteiger partial charge in [0.2, 0.25) is 5.95 Å². The molecule has 0 aliphatic rings. The molecule has 2 aromatic carbocycles. The molecule has 0 saturated carbocycles. The van der Waals surface area contributed by atoms with Gasteiger partial charge < -0.3 is 5.73 Å². The van der Waals surface area contributed by atoms with Crippen molar-refractivity contribution in [3.8, 4) is 11.8 Å². The third-order valence-electron chi connectivity index (χ3n) is 2.98. The average molecular weight is 270 g/mol. The summed E-state index contributed by atoms with van der Waals surface area (Å²) in [6, 6.07) is 9.92. The van der Waals surface area contributed by atoms with Crippen molar-refractivity contribution in [2.45, 2.75) is 0 Å². The molecular formula is C14H8F2N4. The van der Waals surface area contributed by atoms with Gasteiger partial charge in [-0.1, -0.05) is 6.07 Å². The molecule has 0 aliphatic heterocycles. The molecule has 0 aliphatic carbocycles. The summed E-state index contributed by atoms with van der Waals surface area (Å²) in [6.07, 6.45) is 0. The molecule has 4 nitrogen and oxygen atoms in total. The lowest BCUT2D eigenvalue weighted by Crippen LogP contribution is -2.03. The maximum absolute atomic E-state index is 13.9. The molecule has 1 aromatic heterocycles. The van der Waals surface area contributed by atoms with E-state index in [1.165, 1.54) is 4.57 Å². The number of nitrogens with two attached hydrogens (primary N) is 1. The summed E-state index contributed by atoms with van der Waals surface area (Å²) in [5, 5.41) is 9.03. The Hall–Kier alpha value is -2.94. The Morgan fingerprint density at radius 3 is 2.75 bits per heavy atom. The Balaban J connectivity index is 2.40. The fourth-order valence-corrected chi connectivity index (χ4v) is 2.12. The molecular weight excluding hydrogens is 262 g/mol. The summed E-state index contributed by atoms with van der Waals surface area (Å²) in [7, 11) is 0. The van der Waals surface area contributed by atoms with E-state index in [4.69, 9.17) is 11.0 Å². The van der Waals surface area contributed by atoms with E-state index in [9.17, 15) is 8.78 Å². The molecule has 20 heavy (non-hydrogen) atoms. The van der Waals surface area contributed by atoms with Crippen LogP contribution in [0.3, 0.4) is 0 Å². The maximum atomic E-state index is 13.9. The highest BCUT2D eigenvalue weighted by Gasteiger charge is 2.16. The molecule has 0 spiro atoms. The van der Waals surface area contributed by atoms with Crippen molar-refractivity contribution in [3.63, 3.8) is 0 Å². The largest absolute Gasteiger partial charge is 0.369 e. The number of fused-ring (bicyclic) bond motifs is 1. The summed E-state index contributed by atoms with van der Waals surface area (Å²) in [6.45, 7) is 0. The molecule has 0 bridgehead atoms. The number of nitrogens with zero attached hydrogens (tertiary/aromatic N) is 3. The van der Waals surface area contributed by atoms with Crippen molar-refractivity contribution < 1.29 is 8.78 Å². The Morgan fingerprint density at radius 1 is 1.20 bits per heavy atom. The first-order valence-electron chi connectivity index (χ1n) is 5.74. The van der Waals surface area contributed by atoms with Crippen LogP contribution in [-0.4, -0.2) is 9.55 Å². The van der Waals surface area contributed by atoms with Crippen LogP contribution >= 0.6 is 0 Å². The first-order chi connectivity index (χ1) is 9.61. The molecule has 0 radical (unpaired) electrons. The SMILES string of the molecule is N#Cc1cccc2c1nc(N)n2-c1cc(F)ccc1F. The van der Waals surface area contributed by atoms with Crippen molar-refractivity contribution in [1.29, 1.82) is 5.26 Å². The van der Waals surface area contributed by atoms with Crippen LogP contribution in [0.25, 0.3) is 16.7 Å². The Labute approximate surface area is 112 Å². The van der Waals surface area contributed by atoms with Crippen molar-refractivity contribution in [2.75, 3.05) is 5.73 Å². The number of aromatic nitrogens is 2. The average Bonchev–Trinajstić information content (AvgIpc) is 2.77. The van der Waals surface area contributed by atoms with Crippen molar-refractivity contribution >= 4 is 17.0 Å². The lowest BCUT2D eigenvalue weighted by atomic mass is 10.2. The summed E-state index contributed by atoms with van der Waals surface area (Å²) >= 11 is 0.